The van der Waals surface area contributed by atoms with Crippen molar-refractivity contribution in [2.24, 2.45) is 11.8 Å². The van der Waals surface area contributed by atoms with Crippen molar-refractivity contribution < 1.29 is 4.74 Å². The molecule has 2 fully saturated rings. The maximum absolute atomic E-state index is 5.39. The Kier molecular flexibility index (Phi) is 1.46. The molecule has 1 aliphatic heterocycles. The standard InChI is InChI=1S/C8H14O/c1-2-4-8-6-9-5-7(8)3-1/h7-8H,1-6H2. The molecule has 0 N–H and O–H groups in total. The van der Waals surface area contributed by atoms with Gasteiger partial charge in [0.15, 0.2) is 0 Å². The van der Waals surface area contributed by atoms with Crippen LogP contribution in [0.4, 0.5) is 0 Å². The monoisotopic (exact) mass is 126 g/mol. The normalized spacial score (nSPS) is 42.7. The zero-order valence-corrected chi connectivity index (χ0v) is 5.81. The summed E-state index contributed by atoms with van der Waals surface area (Å²) in [7, 11) is 0. The summed E-state index contributed by atoms with van der Waals surface area (Å²) in [5.74, 6) is 1.89. The van der Waals surface area contributed by atoms with E-state index >= 15 is 0 Å². The van der Waals surface area contributed by atoms with Crippen LogP contribution in [0.2, 0.25) is 0 Å². The molecule has 0 aromatic carbocycles. The van der Waals surface area contributed by atoms with Gasteiger partial charge in [-0.1, -0.05) is 12.8 Å². The maximum atomic E-state index is 5.39. The van der Waals surface area contributed by atoms with Crippen molar-refractivity contribution in [2.75, 3.05) is 13.2 Å². The van der Waals surface area contributed by atoms with E-state index in [1.165, 1.54) is 25.7 Å². The second-order valence-electron chi connectivity index (χ2n) is 3.34. The summed E-state index contributed by atoms with van der Waals surface area (Å²) in [6.07, 6.45) is 5.77. The van der Waals surface area contributed by atoms with Gasteiger partial charge in [0.05, 0.1) is 0 Å². The predicted octanol–water partition coefficient (Wildman–Crippen LogP) is 1.82. The van der Waals surface area contributed by atoms with Gasteiger partial charge in [-0.2, -0.15) is 0 Å². The fourth-order valence-corrected chi connectivity index (χ4v) is 2.09. The topological polar surface area (TPSA) is 9.23 Å². The van der Waals surface area contributed by atoms with Gasteiger partial charge in [0.1, 0.15) is 0 Å². The summed E-state index contributed by atoms with van der Waals surface area (Å²) in [6.45, 7) is 2.12. The number of hydrogen-bond acceptors (Lipinski definition) is 1. The molecular weight excluding hydrogens is 112 g/mol. The highest BCUT2D eigenvalue weighted by Crippen LogP contribution is 2.34. The molecule has 2 aliphatic rings. The Bertz CT molecular complexity index is 88.7. The molecule has 2 rings (SSSR count). The Morgan fingerprint density at radius 1 is 0.889 bits per heavy atom. The van der Waals surface area contributed by atoms with Crippen LogP contribution >= 0.6 is 0 Å². The van der Waals surface area contributed by atoms with E-state index in [-0.39, 0.29) is 0 Å². The second-order valence-corrected chi connectivity index (χ2v) is 3.34. The van der Waals surface area contributed by atoms with Crippen LogP contribution in [0.3, 0.4) is 0 Å². The Balaban J connectivity index is 1.97. The molecule has 1 nitrogen and oxygen atoms in total. The Morgan fingerprint density at radius 2 is 1.44 bits per heavy atom. The molecular formula is C8H14O. The molecule has 2 unspecified atom stereocenters. The average molecular weight is 126 g/mol. The van der Waals surface area contributed by atoms with Crippen LogP contribution in [0, 0.1) is 11.8 Å². The van der Waals surface area contributed by atoms with Gasteiger partial charge in [-0.05, 0) is 24.7 Å². The molecule has 0 bridgehead atoms. The van der Waals surface area contributed by atoms with Gasteiger partial charge in [-0.3, -0.25) is 0 Å². The molecule has 0 amide bonds. The van der Waals surface area contributed by atoms with E-state index in [1.807, 2.05) is 0 Å². The first-order valence-corrected chi connectivity index (χ1v) is 4.04. The van der Waals surface area contributed by atoms with E-state index in [2.05, 4.69) is 0 Å². The van der Waals surface area contributed by atoms with Crippen LogP contribution in [0.25, 0.3) is 0 Å². The summed E-state index contributed by atoms with van der Waals surface area (Å²) in [5, 5.41) is 0. The Morgan fingerprint density at radius 3 is 2.00 bits per heavy atom. The minimum absolute atomic E-state index is 0.943. The summed E-state index contributed by atoms with van der Waals surface area (Å²) < 4.78 is 5.39. The Labute approximate surface area is 56.4 Å². The zero-order chi connectivity index (χ0) is 6.10. The van der Waals surface area contributed by atoms with Crippen LogP contribution in [0.15, 0.2) is 0 Å². The van der Waals surface area contributed by atoms with E-state index < -0.39 is 0 Å². The van der Waals surface area contributed by atoms with Crippen molar-refractivity contribution in [2.45, 2.75) is 25.7 Å². The molecule has 9 heavy (non-hydrogen) atoms. The van der Waals surface area contributed by atoms with Gasteiger partial charge in [0.2, 0.25) is 0 Å². The lowest BCUT2D eigenvalue weighted by Crippen LogP contribution is -2.16. The molecule has 52 valence electrons. The maximum Gasteiger partial charge on any atom is 0.0497 e. The largest absolute Gasteiger partial charge is 0.381 e. The van der Waals surface area contributed by atoms with Crippen molar-refractivity contribution in [3.8, 4) is 0 Å². The molecule has 0 radical (unpaired) electrons. The summed E-state index contributed by atoms with van der Waals surface area (Å²) in [5.41, 5.74) is 0. The predicted molar refractivity (Wildman–Crippen MR) is 36.3 cm³/mol. The first-order chi connectivity index (χ1) is 4.47. The highest BCUT2D eigenvalue weighted by atomic mass is 16.5. The molecule has 1 saturated heterocycles. The third kappa shape index (κ3) is 0.983. The van der Waals surface area contributed by atoms with Crippen LogP contribution < -0.4 is 0 Å². The number of hydrogen-bond donors (Lipinski definition) is 0. The lowest BCUT2D eigenvalue weighted by Gasteiger charge is -2.22. The molecule has 0 aromatic rings. The van der Waals surface area contributed by atoms with E-state index in [1.54, 1.807) is 0 Å². The van der Waals surface area contributed by atoms with Crippen molar-refractivity contribution >= 4 is 0 Å². The first kappa shape index (κ1) is 5.72. The fourth-order valence-electron chi connectivity index (χ4n) is 2.09. The number of rotatable bonds is 0. The Hall–Kier alpha value is -0.0400. The molecule has 1 saturated carbocycles. The summed E-state index contributed by atoms with van der Waals surface area (Å²) >= 11 is 0. The fraction of sp³-hybridized carbons (Fsp3) is 1.00. The molecule has 1 aliphatic carbocycles. The average Bonchev–Trinajstić information content (AvgIpc) is 2.33. The van der Waals surface area contributed by atoms with Crippen LogP contribution in [-0.4, -0.2) is 13.2 Å². The van der Waals surface area contributed by atoms with Crippen LogP contribution in [0.5, 0.6) is 0 Å². The van der Waals surface area contributed by atoms with Gasteiger partial charge >= 0.3 is 0 Å². The molecule has 1 heteroatoms. The highest BCUT2D eigenvalue weighted by molar-refractivity contribution is 4.78. The molecule has 0 spiro atoms. The first-order valence-electron chi connectivity index (χ1n) is 4.04. The molecule has 0 aromatic heterocycles. The van der Waals surface area contributed by atoms with E-state index in [4.69, 9.17) is 4.74 Å². The van der Waals surface area contributed by atoms with Crippen LogP contribution in [-0.2, 0) is 4.74 Å². The lowest BCUT2D eigenvalue weighted by molar-refractivity contribution is 0.181. The van der Waals surface area contributed by atoms with Gasteiger partial charge in [0.25, 0.3) is 0 Å². The van der Waals surface area contributed by atoms with E-state index in [9.17, 15) is 0 Å². The molecule has 2 atom stereocenters. The van der Waals surface area contributed by atoms with Crippen LogP contribution in [0.1, 0.15) is 25.7 Å². The third-order valence-electron chi connectivity index (χ3n) is 2.73. The van der Waals surface area contributed by atoms with Gasteiger partial charge in [-0.15, -0.1) is 0 Å². The second kappa shape index (κ2) is 2.30. The van der Waals surface area contributed by atoms with Gasteiger partial charge in [0, 0.05) is 13.2 Å². The van der Waals surface area contributed by atoms with Crippen molar-refractivity contribution in [3.05, 3.63) is 0 Å². The summed E-state index contributed by atoms with van der Waals surface area (Å²) in [6, 6.07) is 0. The van der Waals surface area contributed by atoms with Gasteiger partial charge in [-0.25, -0.2) is 0 Å². The van der Waals surface area contributed by atoms with Gasteiger partial charge < -0.3 is 4.74 Å². The van der Waals surface area contributed by atoms with Crippen molar-refractivity contribution in [1.82, 2.24) is 0 Å². The third-order valence-corrected chi connectivity index (χ3v) is 2.73. The minimum Gasteiger partial charge on any atom is -0.381 e. The van der Waals surface area contributed by atoms with Crippen molar-refractivity contribution in [1.29, 1.82) is 0 Å². The summed E-state index contributed by atoms with van der Waals surface area (Å²) in [4.78, 5) is 0. The number of ether oxygens (including phenoxy) is 1. The van der Waals surface area contributed by atoms with Crippen molar-refractivity contribution in [3.63, 3.8) is 0 Å². The highest BCUT2D eigenvalue weighted by Gasteiger charge is 2.29. The number of fused-ring (bicyclic) bond motifs is 1. The van der Waals surface area contributed by atoms with E-state index in [0.29, 0.717) is 0 Å². The lowest BCUT2D eigenvalue weighted by atomic mass is 9.82. The minimum atomic E-state index is 0.943. The molecule has 1 heterocycles. The zero-order valence-electron chi connectivity index (χ0n) is 5.81. The van der Waals surface area contributed by atoms with E-state index in [0.717, 1.165) is 25.0 Å². The quantitative estimate of drug-likeness (QED) is 0.481. The smallest absolute Gasteiger partial charge is 0.0497 e. The SMILES string of the molecule is C1CCC2COCC2C1.